The van der Waals surface area contributed by atoms with Crippen molar-refractivity contribution in [3.8, 4) is 0 Å². The topological polar surface area (TPSA) is 66.5 Å². The van der Waals surface area contributed by atoms with Gasteiger partial charge in [-0.05, 0) is 48.6 Å². The molecule has 1 N–H and O–H groups in total. The monoisotopic (exact) mass is 422 g/mol. The standard InChI is InChI=1S/C21H27ClN2O3S/c1-6-20(21(25)23-19-10-8-7-9-17(19)14(2)3)24(28(5,26)27)16-12-11-15(4)18(22)13-16/h7-14,20H,6H2,1-5H3,(H,23,25)/t20-/m0/s1. The summed E-state index contributed by atoms with van der Waals surface area (Å²) in [6.07, 6.45) is 1.41. The quantitative estimate of drug-likeness (QED) is 0.686. The van der Waals surface area contributed by atoms with Crippen LogP contribution in [0.5, 0.6) is 0 Å². The lowest BCUT2D eigenvalue weighted by atomic mass is 10.0. The first-order valence-electron chi connectivity index (χ1n) is 9.21. The van der Waals surface area contributed by atoms with Gasteiger partial charge in [0.25, 0.3) is 0 Å². The summed E-state index contributed by atoms with van der Waals surface area (Å²) < 4.78 is 26.3. The molecule has 0 aliphatic carbocycles. The van der Waals surface area contributed by atoms with Crippen molar-refractivity contribution in [2.45, 2.75) is 46.1 Å². The summed E-state index contributed by atoms with van der Waals surface area (Å²) in [5.41, 5.74) is 2.89. The van der Waals surface area contributed by atoms with Gasteiger partial charge in [-0.25, -0.2) is 8.42 Å². The van der Waals surface area contributed by atoms with E-state index < -0.39 is 16.1 Å². The first-order valence-corrected chi connectivity index (χ1v) is 11.4. The molecule has 0 saturated carbocycles. The maximum atomic E-state index is 13.1. The SMILES string of the molecule is CC[C@@H](C(=O)Nc1ccccc1C(C)C)N(c1ccc(C)c(Cl)c1)S(C)(=O)=O. The van der Waals surface area contributed by atoms with Crippen LogP contribution in [0.4, 0.5) is 11.4 Å². The van der Waals surface area contributed by atoms with Gasteiger partial charge >= 0.3 is 0 Å². The molecule has 2 aromatic rings. The minimum Gasteiger partial charge on any atom is -0.324 e. The highest BCUT2D eigenvalue weighted by Crippen LogP contribution is 2.29. The Hall–Kier alpha value is -2.05. The Morgan fingerprint density at radius 2 is 1.82 bits per heavy atom. The number of nitrogens with one attached hydrogen (secondary N) is 1. The molecule has 0 heterocycles. The van der Waals surface area contributed by atoms with Crippen molar-refractivity contribution in [1.29, 1.82) is 0 Å². The summed E-state index contributed by atoms with van der Waals surface area (Å²) in [5, 5.41) is 3.36. The van der Waals surface area contributed by atoms with Crippen LogP contribution in [-0.2, 0) is 14.8 Å². The number of carbonyl (C=O) groups is 1. The molecular weight excluding hydrogens is 396 g/mol. The van der Waals surface area contributed by atoms with E-state index in [1.54, 1.807) is 25.1 Å². The summed E-state index contributed by atoms with van der Waals surface area (Å²) >= 11 is 6.20. The smallest absolute Gasteiger partial charge is 0.248 e. The summed E-state index contributed by atoms with van der Waals surface area (Å²) in [6.45, 7) is 7.70. The van der Waals surface area contributed by atoms with Crippen LogP contribution in [0.1, 0.15) is 44.2 Å². The fourth-order valence-corrected chi connectivity index (χ4v) is 4.49. The van der Waals surface area contributed by atoms with E-state index in [4.69, 9.17) is 11.6 Å². The van der Waals surface area contributed by atoms with Crippen molar-refractivity contribution in [1.82, 2.24) is 0 Å². The second kappa shape index (κ2) is 8.97. The van der Waals surface area contributed by atoms with E-state index in [9.17, 15) is 13.2 Å². The maximum absolute atomic E-state index is 13.1. The molecule has 0 unspecified atom stereocenters. The predicted octanol–water partition coefficient (Wildman–Crippen LogP) is 4.96. The highest BCUT2D eigenvalue weighted by Gasteiger charge is 2.32. The molecule has 152 valence electrons. The van der Waals surface area contributed by atoms with Crippen LogP contribution in [0.3, 0.4) is 0 Å². The lowest BCUT2D eigenvalue weighted by molar-refractivity contribution is -0.117. The molecule has 2 rings (SSSR count). The van der Waals surface area contributed by atoms with Crippen LogP contribution in [0.15, 0.2) is 42.5 Å². The fourth-order valence-electron chi connectivity index (χ4n) is 3.11. The van der Waals surface area contributed by atoms with Crippen LogP contribution in [-0.4, -0.2) is 26.6 Å². The van der Waals surface area contributed by atoms with E-state index in [0.29, 0.717) is 22.8 Å². The summed E-state index contributed by atoms with van der Waals surface area (Å²) in [5.74, 6) is -0.156. The van der Waals surface area contributed by atoms with Crippen molar-refractivity contribution < 1.29 is 13.2 Å². The molecule has 0 bridgehead atoms. The zero-order valence-corrected chi connectivity index (χ0v) is 18.4. The van der Waals surface area contributed by atoms with Crippen LogP contribution in [0, 0.1) is 6.92 Å². The van der Waals surface area contributed by atoms with Gasteiger partial charge in [0.1, 0.15) is 6.04 Å². The maximum Gasteiger partial charge on any atom is 0.248 e. The molecule has 2 aromatic carbocycles. The van der Waals surface area contributed by atoms with Crippen LogP contribution in [0.2, 0.25) is 5.02 Å². The molecule has 0 aliphatic heterocycles. The average molecular weight is 423 g/mol. The summed E-state index contributed by atoms with van der Waals surface area (Å²) in [6, 6.07) is 11.6. The number of halogens is 1. The van der Waals surface area contributed by atoms with Gasteiger partial charge in [0.05, 0.1) is 11.9 Å². The molecule has 0 fully saturated rings. The van der Waals surface area contributed by atoms with Gasteiger partial charge < -0.3 is 5.32 Å². The van der Waals surface area contributed by atoms with Gasteiger partial charge in [-0.2, -0.15) is 0 Å². The molecule has 7 heteroatoms. The van der Waals surface area contributed by atoms with Gasteiger partial charge in [-0.1, -0.05) is 56.6 Å². The van der Waals surface area contributed by atoms with Crippen molar-refractivity contribution in [3.05, 3.63) is 58.6 Å². The molecule has 0 spiro atoms. The van der Waals surface area contributed by atoms with E-state index in [0.717, 1.165) is 21.7 Å². The number of sulfonamides is 1. The lowest BCUT2D eigenvalue weighted by Crippen LogP contribution is -2.47. The van der Waals surface area contributed by atoms with Crippen LogP contribution < -0.4 is 9.62 Å². The molecular formula is C21H27ClN2O3S. The molecule has 1 atom stereocenters. The van der Waals surface area contributed by atoms with E-state index in [1.165, 1.54) is 0 Å². The number of hydrogen-bond acceptors (Lipinski definition) is 3. The highest BCUT2D eigenvalue weighted by molar-refractivity contribution is 7.92. The van der Waals surface area contributed by atoms with Crippen LogP contribution >= 0.6 is 11.6 Å². The minimum absolute atomic E-state index is 0.221. The normalized spacial score (nSPS) is 12.7. The van der Waals surface area contributed by atoms with E-state index in [2.05, 4.69) is 5.32 Å². The summed E-state index contributed by atoms with van der Waals surface area (Å²) in [7, 11) is -3.71. The Balaban J connectivity index is 2.44. The number of anilines is 2. The third-order valence-corrected chi connectivity index (χ3v) is 6.17. The molecule has 0 aliphatic rings. The first kappa shape index (κ1) is 22.2. The van der Waals surface area contributed by atoms with Gasteiger partial charge in [-0.3, -0.25) is 9.10 Å². The van der Waals surface area contributed by atoms with Crippen molar-refractivity contribution in [3.63, 3.8) is 0 Å². The lowest BCUT2D eigenvalue weighted by Gasteiger charge is -2.30. The number of carbonyl (C=O) groups excluding carboxylic acids is 1. The van der Waals surface area contributed by atoms with Gasteiger partial charge in [0.2, 0.25) is 15.9 Å². The molecule has 5 nitrogen and oxygen atoms in total. The largest absolute Gasteiger partial charge is 0.324 e. The number of hydrogen-bond donors (Lipinski definition) is 1. The number of rotatable bonds is 7. The Kier molecular flexibility index (Phi) is 7.12. The van der Waals surface area contributed by atoms with Crippen molar-refractivity contribution in [2.24, 2.45) is 0 Å². The Labute approximate surface area is 172 Å². The molecule has 28 heavy (non-hydrogen) atoms. The zero-order chi connectivity index (χ0) is 21.1. The Morgan fingerprint density at radius 1 is 1.18 bits per heavy atom. The first-order chi connectivity index (χ1) is 13.1. The van der Waals surface area contributed by atoms with Gasteiger partial charge in [0, 0.05) is 10.7 Å². The van der Waals surface area contributed by atoms with Gasteiger partial charge in [-0.15, -0.1) is 0 Å². The predicted molar refractivity (Wildman–Crippen MR) is 117 cm³/mol. The molecule has 1 amide bonds. The Bertz CT molecular complexity index is 958. The van der Waals surface area contributed by atoms with Gasteiger partial charge in [0.15, 0.2) is 0 Å². The number of benzene rings is 2. The zero-order valence-electron chi connectivity index (χ0n) is 16.9. The summed E-state index contributed by atoms with van der Waals surface area (Å²) in [4.78, 5) is 13.1. The molecule has 0 saturated heterocycles. The third kappa shape index (κ3) is 5.06. The molecule has 0 aromatic heterocycles. The second-order valence-corrected chi connectivity index (χ2v) is 9.41. The van der Waals surface area contributed by atoms with E-state index in [1.807, 2.05) is 45.0 Å². The number of amides is 1. The average Bonchev–Trinajstić information content (AvgIpc) is 2.61. The highest BCUT2D eigenvalue weighted by atomic mass is 35.5. The third-order valence-electron chi connectivity index (χ3n) is 4.58. The van der Waals surface area contributed by atoms with Crippen molar-refractivity contribution >= 4 is 38.9 Å². The van der Waals surface area contributed by atoms with Crippen LogP contribution in [0.25, 0.3) is 0 Å². The Morgan fingerprint density at radius 3 is 2.36 bits per heavy atom. The number of aryl methyl sites for hydroxylation is 1. The molecule has 0 radical (unpaired) electrons. The fraction of sp³-hybridized carbons (Fsp3) is 0.381. The van der Waals surface area contributed by atoms with E-state index >= 15 is 0 Å². The van der Waals surface area contributed by atoms with Crippen molar-refractivity contribution in [2.75, 3.05) is 15.9 Å². The number of para-hydroxylation sites is 1. The number of nitrogens with zero attached hydrogens (tertiary/aromatic N) is 1. The van der Waals surface area contributed by atoms with E-state index in [-0.39, 0.29) is 11.8 Å². The minimum atomic E-state index is -3.71. The second-order valence-electron chi connectivity index (χ2n) is 7.15.